The van der Waals surface area contributed by atoms with Crippen LogP contribution in [0.15, 0.2) is 0 Å². The minimum atomic E-state index is -2.86. The summed E-state index contributed by atoms with van der Waals surface area (Å²) in [6.45, 7) is 6.78. The number of rotatable bonds is 2. The maximum Gasteiger partial charge on any atom is 0.269 e. The number of hydrogen-bond acceptors (Lipinski definition) is 0. The minimum absolute atomic E-state index is 0.393. The lowest BCUT2D eigenvalue weighted by Crippen LogP contribution is -2.31. The third kappa shape index (κ3) is 3.12. The summed E-state index contributed by atoms with van der Waals surface area (Å²) in [7, 11) is 0. The Hall–Kier alpha value is -0.210. The van der Waals surface area contributed by atoms with Crippen LogP contribution in [0, 0.1) is 11.3 Å². The maximum absolute atomic E-state index is 12.7. The van der Waals surface area contributed by atoms with Gasteiger partial charge in [0, 0.05) is 0 Å². The highest BCUT2D eigenvalue weighted by Gasteiger charge is 2.34. The molecule has 0 nitrogen and oxygen atoms in total. The Morgan fingerprint density at radius 1 is 1.00 bits per heavy atom. The molecule has 2 unspecified atom stereocenters. The van der Waals surface area contributed by atoms with Gasteiger partial charge in [-0.1, -0.05) is 27.7 Å². The van der Waals surface area contributed by atoms with Gasteiger partial charge in [-0.05, 0) is 11.3 Å². The van der Waals surface area contributed by atoms with Crippen molar-refractivity contribution in [1.29, 1.82) is 0 Å². The standard InChI is InChI=1S/C8H15F3/c1-5(8(2,3)4)6(9)7(10)11/h5-7H,1-4H3. The fourth-order valence-electron chi connectivity index (χ4n) is 0.696. The topological polar surface area (TPSA) is 0 Å². The predicted molar refractivity (Wildman–Crippen MR) is 39.5 cm³/mol. The van der Waals surface area contributed by atoms with Gasteiger partial charge < -0.3 is 0 Å². The Kier molecular flexibility index (Phi) is 3.39. The van der Waals surface area contributed by atoms with E-state index in [1.807, 2.05) is 0 Å². The highest BCUT2D eigenvalue weighted by molar-refractivity contribution is 4.78. The van der Waals surface area contributed by atoms with Gasteiger partial charge in [-0.15, -0.1) is 0 Å². The minimum Gasteiger partial charge on any atom is -0.241 e. The summed E-state index contributed by atoms with van der Waals surface area (Å²) in [6, 6.07) is 0. The van der Waals surface area contributed by atoms with Crippen molar-refractivity contribution in [2.45, 2.75) is 40.3 Å². The molecular weight excluding hydrogens is 153 g/mol. The zero-order chi connectivity index (χ0) is 9.23. The molecule has 0 bridgehead atoms. The molecule has 0 spiro atoms. The number of halogens is 3. The first kappa shape index (κ1) is 10.8. The van der Waals surface area contributed by atoms with E-state index in [2.05, 4.69) is 0 Å². The van der Waals surface area contributed by atoms with Gasteiger partial charge in [0.1, 0.15) is 0 Å². The summed E-state index contributed by atoms with van der Waals surface area (Å²) in [5.41, 5.74) is -0.393. The van der Waals surface area contributed by atoms with Crippen molar-refractivity contribution in [2.75, 3.05) is 0 Å². The van der Waals surface area contributed by atoms with Crippen LogP contribution in [0.5, 0.6) is 0 Å². The van der Waals surface area contributed by atoms with E-state index in [9.17, 15) is 13.2 Å². The average molecular weight is 168 g/mol. The Morgan fingerprint density at radius 2 is 1.36 bits per heavy atom. The van der Waals surface area contributed by atoms with E-state index in [1.54, 1.807) is 20.8 Å². The molecule has 0 fully saturated rings. The van der Waals surface area contributed by atoms with Crippen LogP contribution in [0.4, 0.5) is 13.2 Å². The quantitative estimate of drug-likeness (QED) is 0.593. The van der Waals surface area contributed by atoms with Crippen molar-refractivity contribution < 1.29 is 13.2 Å². The summed E-state index contributed by atoms with van der Waals surface area (Å²) >= 11 is 0. The van der Waals surface area contributed by atoms with Gasteiger partial charge in [-0.2, -0.15) is 0 Å². The molecule has 0 aromatic rings. The zero-order valence-electron chi connectivity index (χ0n) is 7.37. The van der Waals surface area contributed by atoms with Crippen molar-refractivity contribution in [3.8, 4) is 0 Å². The molecular formula is C8H15F3. The van der Waals surface area contributed by atoms with Crippen molar-refractivity contribution >= 4 is 0 Å². The molecule has 3 heteroatoms. The Balaban J connectivity index is 4.13. The van der Waals surface area contributed by atoms with Gasteiger partial charge in [0.25, 0.3) is 6.43 Å². The van der Waals surface area contributed by atoms with Crippen LogP contribution < -0.4 is 0 Å². The molecule has 0 saturated carbocycles. The summed E-state index contributed by atoms with van der Waals surface area (Å²) in [6.07, 6.45) is -4.86. The molecule has 0 aliphatic heterocycles. The first-order chi connectivity index (χ1) is 4.76. The maximum atomic E-state index is 12.7. The first-order valence-electron chi connectivity index (χ1n) is 3.69. The SMILES string of the molecule is CC(C(F)C(F)F)C(C)(C)C. The van der Waals surface area contributed by atoms with Gasteiger partial charge in [-0.3, -0.25) is 0 Å². The van der Waals surface area contributed by atoms with Crippen LogP contribution >= 0.6 is 0 Å². The fourth-order valence-corrected chi connectivity index (χ4v) is 0.696. The third-order valence-electron chi connectivity index (χ3n) is 2.08. The lowest BCUT2D eigenvalue weighted by Gasteiger charge is -2.29. The molecule has 0 aliphatic rings. The van der Waals surface area contributed by atoms with E-state index in [4.69, 9.17) is 0 Å². The number of alkyl halides is 3. The van der Waals surface area contributed by atoms with Crippen LogP contribution in [0.2, 0.25) is 0 Å². The first-order valence-corrected chi connectivity index (χ1v) is 3.69. The monoisotopic (exact) mass is 168 g/mol. The van der Waals surface area contributed by atoms with Crippen molar-refractivity contribution in [1.82, 2.24) is 0 Å². The van der Waals surface area contributed by atoms with Crippen LogP contribution in [-0.4, -0.2) is 12.6 Å². The van der Waals surface area contributed by atoms with Crippen LogP contribution in [0.25, 0.3) is 0 Å². The summed E-state index contributed by atoms with van der Waals surface area (Å²) in [4.78, 5) is 0. The highest BCUT2D eigenvalue weighted by atomic mass is 19.3. The van der Waals surface area contributed by atoms with Crippen LogP contribution in [0.3, 0.4) is 0 Å². The largest absolute Gasteiger partial charge is 0.269 e. The molecule has 2 atom stereocenters. The second kappa shape index (κ2) is 3.46. The molecule has 0 rings (SSSR count). The lowest BCUT2D eigenvalue weighted by atomic mass is 9.79. The van der Waals surface area contributed by atoms with Crippen LogP contribution in [-0.2, 0) is 0 Å². The highest BCUT2D eigenvalue weighted by Crippen LogP contribution is 2.32. The fraction of sp³-hybridized carbons (Fsp3) is 1.00. The molecule has 0 aromatic heterocycles. The molecule has 0 aromatic carbocycles. The van der Waals surface area contributed by atoms with E-state index >= 15 is 0 Å². The van der Waals surface area contributed by atoms with E-state index < -0.39 is 23.9 Å². The molecule has 0 saturated heterocycles. The Morgan fingerprint density at radius 3 is 1.45 bits per heavy atom. The van der Waals surface area contributed by atoms with Crippen molar-refractivity contribution in [3.05, 3.63) is 0 Å². The molecule has 68 valence electrons. The summed E-state index contributed by atoms with van der Waals surface area (Å²) in [5, 5.41) is 0. The second-order valence-corrected chi connectivity index (χ2v) is 3.93. The van der Waals surface area contributed by atoms with E-state index in [0.29, 0.717) is 0 Å². The summed E-state index contributed by atoms with van der Waals surface area (Å²) < 4.78 is 36.3. The van der Waals surface area contributed by atoms with E-state index in [1.165, 1.54) is 6.92 Å². The Labute approximate surface area is 65.8 Å². The Bertz CT molecular complexity index is 115. The predicted octanol–water partition coefficient (Wildman–Crippen LogP) is 3.27. The summed E-state index contributed by atoms with van der Waals surface area (Å²) in [5.74, 6) is -0.609. The zero-order valence-corrected chi connectivity index (χ0v) is 7.37. The lowest BCUT2D eigenvalue weighted by molar-refractivity contribution is -0.0102. The van der Waals surface area contributed by atoms with Gasteiger partial charge in [-0.25, -0.2) is 13.2 Å². The molecule has 0 heterocycles. The smallest absolute Gasteiger partial charge is 0.241 e. The molecule has 11 heavy (non-hydrogen) atoms. The van der Waals surface area contributed by atoms with Gasteiger partial charge >= 0.3 is 0 Å². The average Bonchev–Trinajstić information content (AvgIpc) is 1.82. The van der Waals surface area contributed by atoms with Crippen molar-refractivity contribution in [2.24, 2.45) is 11.3 Å². The molecule has 0 N–H and O–H groups in total. The normalized spacial score (nSPS) is 18.5. The second-order valence-electron chi connectivity index (χ2n) is 3.93. The third-order valence-corrected chi connectivity index (χ3v) is 2.08. The molecule has 0 aliphatic carbocycles. The number of hydrogen-bond donors (Lipinski definition) is 0. The van der Waals surface area contributed by atoms with Gasteiger partial charge in [0.05, 0.1) is 0 Å². The van der Waals surface area contributed by atoms with Gasteiger partial charge in [0.2, 0.25) is 0 Å². The molecule has 0 radical (unpaired) electrons. The van der Waals surface area contributed by atoms with E-state index in [0.717, 1.165) is 0 Å². The van der Waals surface area contributed by atoms with Crippen molar-refractivity contribution in [3.63, 3.8) is 0 Å². The van der Waals surface area contributed by atoms with Gasteiger partial charge in [0.15, 0.2) is 6.17 Å². The van der Waals surface area contributed by atoms with E-state index in [-0.39, 0.29) is 0 Å². The van der Waals surface area contributed by atoms with Crippen LogP contribution in [0.1, 0.15) is 27.7 Å². The molecule has 0 amide bonds.